The van der Waals surface area contributed by atoms with Gasteiger partial charge in [-0.3, -0.25) is 0 Å². The van der Waals surface area contributed by atoms with Gasteiger partial charge < -0.3 is 0 Å². The van der Waals surface area contributed by atoms with Crippen LogP contribution in [0.1, 0.15) is 33.6 Å². The highest BCUT2D eigenvalue weighted by molar-refractivity contribution is 6.21. The van der Waals surface area contributed by atoms with E-state index in [0.717, 1.165) is 12.8 Å². The summed E-state index contributed by atoms with van der Waals surface area (Å²) in [5, 5.41) is 0. The maximum atomic E-state index is 5.91. The second kappa shape index (κ2) is 5.27. The summed E-state index contributed by atoms with van der Waals surface area (Å²) < 4.78 is 0. The minimum absolute atomic E-state index is 0.165. The zero-order valence-electron chi connectivity index (χ0n) is 7.66. The number of hydrogen-bond acceptors (Lipinski definition) is 0. The molecule has 0 nitrogen and oxygen atoms in total. The predicted octanol–water partition coefficient (Wildman–Crippen LogP) is 3.91. The van der Waals surface area contributed by atoms with Gasteiger partial charge in [0.25, 0.3) is 0 Å². The molecular formula is C9H18Cl2. The standard InChI is InChI=1S/C9H18Cl2/c1-4-5-9(6-10,7-11)8(2)3/h8H,4-7H2,1-3H3. The Morgan fingerprint density at radius 3 is 1.73 bits per heavy atom. The Bertz CT molecular complexity index is 95.7. The van der Waals surface area contributed by atoms with E-state index in [2.05, 4.69) is 20.8 Å². The fourth-order valence-electron chi connectivity index (χ4n) is 1.26. The molecule has 0 aliphatic heterocycles. The molecule has 11 heavy (non-hydrogen) atoms. The van der Waals surface area contributed by atoms with Crippen LogP contribution in [-0.2, 0) is 0 Å². The molecule has 0 amide bonds. The Morgan fingerprint density at radius 1 is 1.18 bits per heavy atom. The molecule has 0 aliphatic rings. The second-order valence-corrected chi connectivity index (χ2v) is 4.07. The van der Waals surface area contributed by atoms with Crippen molar-refractivity contribution in [1.82, 2.24) is 0 Å². The van der Waals surface area contributed by atoms with Crippen LogP contribution in [0.2, 0.25) is 0 Å². The van der Waals surface area contributed by atoms with Gasteiger partial charge in [-0.15, -0.1) is 23.2 Å². The van der Waals surface area contributed by atoms with Crippen molar-refractivity contribution in [3.8, 4) is 0 Å². The van der Waals surface area contributed by atoms with Crippen LogP contribution in [0.25, 0.3) is 0 Å². The third-order valence-corrected chi connectivity index (χ3v) is 3.57. The van der Waals surface area contributed by atoms with Crippen molar-refractivity contribution in [2.75, 3.05) is 11.8 Å². The Morgan fingerprint density at radius 2 is 1.64 bits per heavy atom. The molecule has 0 rings (SSSR count). The average Bonchev–Trinajstić information content (AvgIpc) is 2.00. The lowest BCUT2D eigenvalue weighted by Crippen LogP contribution is -2.31. The molecule has 0 fully saturated rings. The predicted molar refractivity (Wildman–Crippen MR) is 53.6 cm³/mol. The molecular weight excluding hydrogens is 179 g/mol. The summed E-state index contributed by atoms with van der Waals surface area (Å²) in [5.74, 6) is 1.95. The van der Waals surface area contributed by atoms with Crippen LogP contribution >= 0.6 is 23.2 Å². The average molecular weight is 197 g/mol. The second-order valence-electron chi connectivity index (χ2n) is 3.53. The van der Waals surface area contributed by atoms with Crippen LogP contribution in [0, 0.1) is 11.3 Å². The van der Waals surface area contributed by atoms with Gasteiger partial charge in [-0.1, -0.05) is 27.2 Å². The van der Waals surface area contributed by atoms with E-state index in [-0.39, 0.29) is 5.41 Å². The molecule has 0 N–H and O–H groups in total. The van der Waals surface area contributed by atoms with Gasteiger partial charge in [0.05, 0.1) is 0 Å². The summed E-state index contributed by atoms with van der Waals surface area (Å²) in [5.41, 5.74) is 0.165. The normalized spacial score (nSPS) is 12.5. The fraction of sp³-hybridized carbons (Fsp3) is 1.00. The number of halogens is 2. The first-order valence-corrected chi connectivity index (χ1v) is 5.31. The molecule has 68 valence electrons. The first-order chi connectivity index (χ1) is 5.13. The molecule has 0 unspecified atom stereocenters. The fourth-order valence-corrected chi connectivity index (χ4v) is 2.43. The van der Waals surface area contributed by atoms with Gasteiger partial charge in [0.2, 0.25) is 0 Å². The van der Waals surface area contributed by atoms with E-state index < -0.39 is 0 Å². The zero-order chi connectivity index (χ0) is 8.91. The van der Waals surface area contributed by atoms with E-state index in [1.165, 1.54) is 0 Å². The molecule has 0 saturated heterocycles. The van der Waals surface area contributed by atoms with Crippen LogP contribution in [0.5, 0.6) is 0 Å². The summed E-state index contributed by atoms with van der Waals surface area (Å²) in [7, 11) is 0. The number of alkyl halides is 2. The van der Waals surface area contributed by atoms with E-state index >= 15 is 0 Å². The van der Waals surface area contributed by atoms with Crippen molar-refractivity contribution >= 4 is 23.2 Å². The Kier molecular flexibility index (Phi) is 5.54. The largest absolute Gasteiger partial charge is 0.126 e. The third-order valence-electron chi connectivity index (χ3n) is 2.50. The highest BCUT2D eigenvalue weighted by Crippen LogP contribution is 2.35. The van der Waals surface area contributed by atoms with Crippen LogP contribution in [0.15, 0.2) is 0 Å². The Balaban J connectivity index is 4.20. The van der Waals surface area contributed by atoms with E-state index in [0.29, 0.717) is 17.7 Å². The van der Waals surface area contributed by atoms with Crippen molar-refractivity contribution in [2.24, 2.45) is 11.3 Å². The van der Waals surface area contributed by atoms with E-state index in [1.807, 2.05) is 0 Å². The molecule has 0 aromatic heterocycles. The minimum atomic E-state index is 0.165. The van der Waals surface area contributed by atoms with Gasteiger partial charge >= 0.3 is 0 Å². The van der Waals surface area contributed by atoms with E-state index in [1.54, 1.807) is 0 Å². The SMILES string of the molecule is CCCC(CCl)(CCl)C(C)C. The highest BCUT2D eigenvalue weighted by Gasteiger charge is 2.30. The lowest BCUT2D eigenvalue weighted by Gasteiger charge is -2.33. The summed E-state index contributed by atoms with van der Waals surface area (Å²) in [6.07, 6.45) is 2.30. The molecule has 0 radical (unpaired) electrons. The Labute approximate surface area is 80.3 Å². The molecule has 0 spiro atoms. The lowest BCUT2D eigenvalue weighted by atomic mass is 9.77. The zero-order valence-corrected chi connectivity index (χ0v) is 9.17. The van der Waals surface area contributed by atoms with Gasteiger partial charge in [0.1, 0.15) is 0 Å². The smallest absolute Gasteiger partial charge is 0.0293 e. The van der Waals surface area contributed by atoms with Crippen molar-refractivity contribution in [2.45, 2.75) is 33.6 Å². The first kappa shape index (κ1) is 11.6. The molecule has 0 atom stereocenters. The summed E-state index contributed by atoms with van der Waals surface area (Å²) in [6.45, 7) is 6.57. The monoisotopic (exact) mass is 196 g/mol. The minimum Gasteiger partial charge on any atom is -0.126 e. The summed E-state index contributed by atoms with van der Waals surface area (Å²) >= 11 is 11.8. The van der Waals surface area contributed by atoms with Gasteiger partial charge in [-0.2, -0.15) is 0 Å². The summed E-state index contributed by atoms with van der Waals surface area (Å²) in [4.78, 5) is 0. The molecule has 0 heterocycles. The van der Waals surface area contributed by atoms with Crippen LogP contribution in [0.4, 0.5) is 0 Å². The maximum Gasteiger partial charge on any atom is 0.0293 e. The van der Waals surface area contributed by atoms with Crippen molar-refractivity contribution in [3.63, 3.8) is 0 Å². The number of rotatable bonds is 5. The quantitative estimate of drug-likeness (QED) is 0.586. The summed E-state index contributed by atoms with van der Waals surface area (Å²) in [6, 6.07) is 0. The van der Waals surface area contributed by atoms with Gasteiger partial charge in [0, 0.05) is 11.8 Å². The molecule has 0 aliphatic carbocycles. The van der Waals surface area contributed by atoms with Crippen molar-refractivity contribution in [3.05, 3.63) is 0 Å². The maximum absolute atomic E-state index is 5.91. The van der Waals surface area contributed by atoms with E-state index in [9.17, 15) is 0 Å². The Hall–Kier alpha value is 0.580. The highest BCUT2D eigenvalue weighted by atomic mass is 35.5. The van der Waals surface area contributed by atoms with Crippen LogP contribution in [-0.4, -0.2) is 11.8 Å². The van der Waals surface area contributed by atoms with Crippen molar-refractivity contribution < 1.29 is 0 Å². The van der Waals surface area contributed by atoms with Gasteiger partial charge in [0.15, 0.2) is 0 Å². The van der Waals surface area contributed by atoms with Gasteiger partial charge in [-0.25, -0.2) is 0 Å². The topological polar surface area (TPSA) is 0 Å². The molecule has 2 heteroatoms. The first-order valence-electron chi connectivity index (χ1n) is 4.25. The van der Waals surface area contributed by atoms with Crippen molar-refractivity contribution in [1.29, 1.82) is 0 Å². The molecule has 0 aromatic rings. The molecule has 0 bridgehead atoms. The van der Waals surface area contributed by atoms with Gasteiger partial charge in [-0.05, 0) is 17.8 Å². The van der Waals surface area contributed by atoms with E-state index in [4.69, 9.17) is 23.2 Å². The molecule has 0 aromatic carbocycles. The third kappa shape index (κ3) is 2.83. The van der Waals surface area contributed by atoms with Crippen LogP contribution < -0.4 is 0 Å². The molecule has 0 saturated carbocycles. The number of hydrogen-bond donors (Lipinski definition) is 0. The lowest BCUT2D eigenvalue weighted by molar-refractivity contribution is 0.237. The van der Waals surface area contributed by atoms with Crippen LogP contribution in [0.3, 0.4) is 0 Å².